The van der Waals surface area contributed by atoms with Gasteiger partial charge < -0.3 is 10.1 Å². The van der Waals surface area contributed by atoms with E-state index in [1.165, 1.54) is 0 Å². The molecule has 2 rings (SSSR count). The Morgan fingerprint density at radius 2 is 2.20 bits per heavy atom. The molecule has 1 N–H and O–H groups in total. The quantitative estimate of drug-likeness (QED) is 0.750. The van der Waals surface area contributed by atoms with E-state index in [0.29, 0.717) is 25.0 Å². The van der Waals surface area contributed by atoms with Crippen molar-refractivity contribution >= 4 is 17.5 Å². The van der Waals surface area contributed by atoms with Gasteiger partial charge in [-0.25, -0.2) is 4.98 Å². The lowest BCUT2D eigenvalue weighted by molar-refractivity contribution is 0.134. The van der Waals surface area contributed by atoms with Crippen LogP contribution < -0.4 is 5.32 Å². The van der Waals surface area contributed by atoms with Gasteiger partial charge in [0.25, 0.3) is 0 Å². The molecule has 0 saturated heterocycles. The molecule has 2 heterocycles. The zero-order chi connectivity index (χ0) is 14.2. The number of halogens is 1. The van der Waals surface area contributed by atoms with E-state index in [0.717, 1.165) is 19.4 Å². The number of hydrogen-bond acceptors (Lipinski definition) is 6. The van der Waals surface area contributed by atoms with Crippen molar-refractivity contribution in [1.82, 2.24) is 24.5 Å². The molecule has 2 aromatic heterocycles. The summed E-state index contributed by atoms with van der Waals surface area (Å²) in [6.07, 6.45) is 6.91. The predicted octanol–water partition coefficient (Wildman–Crippen LogP) is 1.94. The van der Waals surface area contributed by atoms with Crippen molar-refractivity contribution in [2.24, 2.45) is 0 Å². The molecule has 0 fully saturated rings. The Hall–Kier alpha value is -1.73. The Labute approximate surface area is 122 Å². The molecule has 108 valence electrons. The Balaban J connectivity index is 1.88. The monoisotopic (exact) mass is 296 g/mol. The number of aromatic nitrogens is 5. The van der Waals surface area contributed by atoms with E-state index >= 15 is 0 Å². The second-order valence-corrected chi connectivity index (χ2v) is 4.43. The third-order valence-corrected chi connectivity index (χ3v) is 2.60. The highest BCUT2D eigenvalue weighted by Crippen LogP contribution is 2.09. The lowest BCUT2D eigenvalue weighted by Crippen LogP contribution is -2.11. The summed E-state index contributed by atoms with van der Waals surface area (Å²) in [4.78, 5) is 16.3. The molecular weight excluding hydrogens is 280 g/mol. The Morgan fingerprint density at radius 1 is 1.30 bits per heavy atom. The molecular formula is C12H17ClN6O. The number of imidazole rings is 1. The summed E-state index contributed by atoms with van der Waals surface area (Å²) in [6.45, 7) is 4.31. The highest BCUT2D eigenvalue weighted by Gasteiger charge is 2.06. The molecule has 0 spiro atoms. The first-order valence-corrected chi connectivity index (χ1v) is 6.89. The van der Waals surface area contributed by atoms with Crippen LogP contribution in [0.1, 0.15) is 19.8 Å². The molecule has 0 aliphatic rings. The molecule has 0 unspecified atom stereocenters. The second kappa shape index (κ2) is 7.76. The number of rotatable bonds is 8. The van der Waals surface area contributed by atoms with Crippen molar-refractivity contribution in [3.63, 3.8) is 0 Å². The Bertz CT molecular complexity index is 519. The van der Waals surface area contributed by atoms with Gasteiger partial charge in [-0.15, -0.1) is 0 Å². The molecule has 0 radical (unpaired) electrons. The van der Waals surface area contributed by atoms with Crippen molar-refractivity contribution < 1.29 is 4.74 Å². The van der Waals surface area contributed by atoms with Crippen molar-refractivity contribution in [3.05, 3.63) is 24.0 Å². The summed E-state index contributed by atoms with van der Waals surface area (Å²) in [7, 11) is 0. The van der Waals surface area contributed by atoms with E-state index in [2.05, 4.69) is 32.2 Å². The maximum absolute atomic E-state index is 5.89. The smallest absolute Gasteiger partial charge is 0.241 e. The van der Waals surface area contributed by atoms with Gasteiger partial charge in [0.1, 0.15) is 6.33 Å². The minimum Gasteiger partial charge on any atom is -0.381 e. The second-order valence-electron chi connectivity index (χ2n) is 4.09. The molecule has 0 atom stereocenters. The predicted molar refractivity (Wildman–Crippen MR) is 76.2 cm³/mol. The van der Waals surface area contributed by atoms with E-state index < -0.39 is 0 Å². The molecule has 0 amide bonds. The van der Waals surface area contributed by atoms with Crippen molar-refractivity contribution in [2.75, 3.05) is 25.1 Å². The maximum Gasteiger partial charge on any atom is 0.241 e. The summed E-state index contributed by atoms with van der Waals surface area (Å²) in [5.74, 6) is 0.886. The average Bonchev–Trinajstić information content (AvgIpc) is 2.96. The van der Waals surface area contributed by atoms with Gasteiger partial charge in [-0.3, -0.25) is 4.57 Å². The average molecular weight is 297 g/mol. The van der Waals surface area contributed by atoms with E-state index in [9.17, 15) is 0 Å². The van der Waals surface area contributed by atoms with Gasteiger partial charge in [0.2, 0.25) is 17.2 Å². The van der Waals surface area contributed by atoms with Crippen LogP contribution in [-0.2, 0) is 4.74 Å². The van der Waals surface area contributed by atoms with Crippen molar-refractivity contribution in [1.29, 1.82) is 0 Å². The number of hydrogen-bond donors (Lipinski definition) is 1. The van der Waals surface area contributed by atoms with E-state index in [1.54, 1.807) is 23.3 Å². The van der Waals surface area contributed by atoms with Gasteiger partial charge in [-0.05, 0) is 24.4 Å². The van der Waals surface area contributed by atoms with E-state index in [1.807, 2.05) is 0 Å². The van der Waals surface area contributed by atoms with Gasteiger partial charge in [-0.2, -0.15) is 15.0 Å². The van der Waals surface area contributed by atoms with Crippen LogP contribution in [0.15, 0.2) is 18.7 Å². The Kier molecular flexibility index (Phi) is 5.69. The first-order chi connectivity index (χ1) is 9.79. The Morgan fingerprint density at radius 3 is 2.95 bits per heavy atom. The number of nitrogens with one attached hydrogen (secondary N) is 1. The lowest BCUT2D eigenvalue weighted by Gasteiger charge is -2.07. The first-order valence-electron chi connectivity index (χ1n) is 6.51. The highest BCUT2D eigenvalue weighted by atomic mass is 35.5. The molecule has 7 nitrogen and oxygen atoms in total. The molecule has 8 heteroatoms. The summed E-state index contributed by atoms with van der Waals surface area (Å²) in [5.41, 5.74) is 0. The van der Waals surface area contributed by atoms with Crippen LogP contribution in [0.5, 0.6) is 0 Å². The molecule has 20 heavy (non-hydrogen) atoms. The lowest BCUT2D eigenvalue weighted by atomic mass is 10.4. The fourth-order valence-electron chi connectivity index (χ4n) is 1.53. The van der Waals surface area contributed by atoms with Gasteiger partial charge in [0.05, 0.1) is 0 Å². The first kappa shape index (κ1) is 14.7. The fourth-order valence-corrected chi connectivity index (χ4v) is 1.69. The standard InChI is InChI=1S/C12H17ClN6O/c1-2-7-20-8-3-4-15-11-16-10(13)17-12(18-11)19-6-5-14-9-19/h5-6,9H,2-4,7-8H2,1H3,(H,15,16,17,18). The van der Waals surface area contributed by atoms with Crippen LogP contribution >= 0.6 is 11.6 Å². The highest BCUT2D eigenvalue weighted by molar-refractivity contribution is 6.28. The number of nitrogens with zero attached hydrogens (tertiary/aromatic N) is 5. The van der Waals surface area contributed by atoms with E-state index in [-0.39, 0.29) is 5.28 Å². The summed E-state index contributed by atoms with van der Waals surface area (Å²) < 4.78 is 7.07. The summed E-state index contributed by atoms with van der Waals surface area (Å²) in [5, 5.41) is 3.25. The molecule has 0 aliphatic heterocycles. The molecule has 0 saturated carbocycles. The largest absolute Gasteiger partial charge is 0.381 e. The van der Waals surface area contributed by atoms with Crippen LogP contribution in [0.2, 0.25) is 5.28 Å². The van der Waals surface area contributed by atoms with Gasteiger partial charge in [-0.1, -0.05) is 6.92 Å². The van der Waals surface area contributed by atoms with Gasteiger partial charge in [0.15, 0.2) is 0 Å². The topological polar surface area (TPSA) is 77.8 Å². The SMILES string of the molecule is CCCOCCCNc1nc(Cl)nc(-n2ccnc2)n1. The third-order valence-electron chi connectivity index (χ3n) is 2.43. The zero-order valence-electron chi connectivity index (χ0n) is 11.3. The summed E-state index contributed by atoms with van der Waals surface area (Å²) in [6, 6.07) is 0. The third kappa shape index (κ3) is 4.43. The minimum absolute atomic E-state index is 0.147. The van der Waals surface area contributed by atoms with Gasteiger partial charge >= 0.3 is 0 Å². The maximum atomic E-state index is 5.89. The molecule has 0 bridgehead atoms. The molecule has 0 aliphatic carbocycles. The molecule has 2 aromatic rings. The van der Waals surface area contributed by atoms with Crippen LogP contribution in [-0.4, -0.2) is 44.3 Å². The minimum atomic E-state index is 0.147. The van der Waals surface area contributed by atoms with Crippen LogP contribution in [0.3, 0.4) is 0 Å². The molecule has 0 aromatic carbocycles. The summed E-state index contributed by atoms with van der Waals surface area (Å²) >= 11 is 5.89. The number of ether oxygens (including phenoxy) is 1. The van der Waals surface area contributed by atoms with Crippen LogP contribution in [0, 0.1) is 0 Å². The fraction of sp³-hybridized carbons (Fsp3) is 0.500. The van der Waals surface area contributed by atoms with Crippen LogP contribution in [0.4, 0.5) is 5.95 Å². The van der Waals surface area contributed by atoms with Crippen molar-refractivity contribution in [3.8, 4) is 5.95 Å². The number of anilines is 1. The van der Waals surface area contributed by atoms with Gasteiger partial charge in [0, 0.05) is 32.2 Å². The van der Waals surface area contributed by atoms with Crippen molar-refractivity contribution in [2.45, 2.75) is 19.8 Å². The van der Waals surface area contributed by atoms with Crippen LogP contribution in [0.25, 0.3) is 5.95 Å². The zero-order valence-corrected chi connectivity index (χ0v) is 12.0. The normalized spacial score (nSPS) is 10.7. The van der Waals surface area contributed by atoms with E-state index in [4.69, 9.17) is 16.3 Å².